The number of esters is 1. The number of benzene rings is 2. The van der Waals surface area contributed by atoms with Gasteiger partial charge >= 0.3 is 5.97 Å². The number of amides is 1. The molecule has 0 atom stereocenters. The smallest absolute Gasteiger partial charge is 0.340 e. The van der Waals surface area contributed by atoms with Crippen LogP contribution in [0.15, 0.2) is 69.8 Å². The molecular weight excluding hydrogens is 434 g/mol. The molecule has 0 N–H and O–H groups in total. The lowest BCUT2D eigenvalue weighted by molar-refractivity contribution is -0.138. The first-order chi connectivity index (χ1) is 14.0. The zero-order chi connectivity index (χ0) is 21.0. The van der Waals surface area contributed by atoms with Gasteiger partial charge in [-0.3, -0.25) is 9.69 Å². The summed E-state index contributed by atoms with van der Waals surface area (Å²) in [4.78, 5) is 27.5. The Morgan fingerprint density at radius 2 is 1.83 bits per heavy atom. The maximum Gasteiger partial charge on any atom is 0.340 e. The molecule has 3 rings (SSSR count). The number of hydrogen-bond acceptors (Lipinski definition) is 4. The van der Waals surface area contributed by atoms with Gasteiger partial charge in [-0.2, -0.15) is 0 Å². The van der Waals surface area contributed by atoms with Gasteiger partial charge in [-0.15, -0.1) is 0 Å². The van der Waals surface area contributed by atoms with Gasteiger partial charge in [-0.05, 0) is 68.8 Å². The summed E-state index contributed by atoms with van der Waals surface area (Å²) in [5.41, 5.74) is 2.61. The lowest BCUT2D eigenvalue weighted by Gasteiger charge is -2.18. The first-order valence-electron chi connectivity index (χ1n) is 9.39. The molecule has 150 valence electrons. The van der Waals surface area contributed by atoms with Crippen LogP contribution < -0.4 is 9.64 Å². The summed E-state index contributed by atoms with van der Waals surface area (Å²) in [6, 6.07) is 14.8. The normalized spacial score (nSPS) is 15.2. The van der Waals surface area contributed by atoms with Gasteiger partial charge < -0.3 is 9.47 Å². The van der Waals surface area contributed by atoms with E-state index >= 15 is 0 Å². The Morgan fingerprint density at radius 1 is 1.10 bits per heavy atom. The molecule has 0 unspecified atom stereocenters. The molecule has 2 aromatic rings. The SMILES string of the molecule is CCOC(=O)C1=C(C)N(c2ccc(OCC)cc2)C(=O)/C1=C\c1cccc(Br)c1. The number of carbonyl (C=O) groups is 2. The van der Waals surface area contributed by atoms with Crippen molar-refractivity contribution >= 4 is 39.6 Å². The van der Waals surface area contributed by atoms with Crippen molar-refractivity contribution in [1.29, 1.82) is 0 Å². The van der Waals surface area contributed by atoms with E-state index in [4.69, 9.17) is 9.47 Å². The van der Waals surface area contributed by atoms with Crippen molar-refractivity contribution in [2.45, 2.75) is 20.8 Å². The van der Waals surface area contributed by atoms with Crippen molar-refractivity contribution in [3.63, 3.8) is 0 Å². The molecule has 2 aromatic carbocycles. The van der Waals surface area contributed by atoms with Crippen molar-refractivity contribution in [3.8, 4) is 5.75 Å². The van der Waals surface area contributed by atoms with Gasteiger partial charge in [0, 0.05) is 15.9 Å². The van der Waals surface area contributed by atoms with Gasteiger partial charge in [0.05, 0.1) is 24.4 Å². The summed E-state index contributed by atoms with van der Waals surface area (Å²) < 4.78 is 11.6. The predicted molar refractivity (Wildman–Crippen MR) is 117 cm³/mol. The molecular formula is C23H22BrNO4. The van der Waals surface area contributed by atoms with Crippen molar-refractivity contribution < 1.29 is 19.1 Å². The van der Waals surface area contributed by atoms with E-state index in [1.165, 1.54) is 4.90 Å². The number of hydrogen-bond donors (Lipinski definition) is 0. The molecule has 0 bridgehead atoms. The topological polar surface area (TPSA) is 55.8 Å². The van der Waals surface area contributed by atoms with Crippen LogP contribution in [0.3, 0.4) is 0 Å². The van der Waals surface area contributed by atoms with E-state index in [1.54, 1.807) is 44.2 Å². The van der Waals surface area contributed by atoms with Crippen molar-refractivity contribution in [2.24, 2.45) is 0 Å². The molecule has 0 fully saturated rings. The highest BCUT2D eigenvalue weighted by atomic mass is 79.9. The fourth-order valence-electron chi connectivity index (χ4n) is 3.21. The number of halogens is 1. The Hall–Kier alpha value is -2.86. The molecule has 0 aliphatic carbocycles. The minimum Gasteiger partial charge on any atom is -0.494 e. The van der Waals surface area contributed by atoms with Crippen LogP contribution in [-0.2, 0) is 14.3 Å². The van der Waals surface area contributed by atoms with Crippen molar-refractivity contribution in [2.75, 3.05) is 18.1 Å². The Balaban J connectivity index is 2.07. The number of ether oxygens (including phenoxy) is 2. The van der Waals surface area contributed by atoms with Gasteiger partial charge in [0.1, 0.15) is 5.75 Å². The highest BCUT2D eigenvalue weighted by Gasteiger charge is 2.38. The highest BCUT2D eigenvalue weighted by Crippen LogP contribution is 2.36. The third-order valence-corrected chi connectivity index (χ3v) is 4.94. The van der Waals surface area contributed by atoms with Gasteiger partial charge in [-0.25, -0.2) is 4.79 Å². The fourth-order valence-corrected chi connectivity index (χ4v) is 3.63. The molecule has 5 nitrogen and oxygen atoms in total. The van der Waals surface area contributed by atoms with Crippen LogP contribution in [0.5, 0.6) is 5.75 Å². The monoisotopic (exact) mass is 455 g/mol. The first-order valence-corrected chi connectivity index (χ1v) is 10.2. The molecule has 6 heteroatoms. The molecule has 1 heterocycles. The van der Waals surface area contributed by atoms with Crippen LogP contribution in [-0.4, -0.2) is 25.1 Å². The first kappa shape index (κ1) is 20.9. The van der Waals surface area contributed by atoms with E-state index in [1.807, 2.05) is 31.2 Å². The summed E-state index contributed by atoms with van der Waals surface area (Å²) in [6.45, 7) is 6.20. The maximum absolute atomic E-state index is 13.3. The molecule has 1 aliphatic heterocycles. The summed E-state index contributed by atoms with van der Waals surface area (Å²) in [5, 5.41) is 0. The van der Waals surface area contributed by atoms with Crippen LogP contribution in [0.1, 0.15) is 26.3 Å². The van der Waals surface area contributed by atoms with Gasteiger partial charge in [0.15, 0.2) is 0 Å². The number of allylic oxidation sites excluding steroid dienone is 1. The Morgan fingerprint density at radius 3 is 2.45 bits per heavy atom. The number of nitrogens with zero attached hydrogens (tertiary/aromatic N) is 1. The molecule has 1 aliphatic rings. The molecule has 0 radical (unpaired) electrons. The summed E-state index contributed by atoms with van der Waals surface area (Å²) in [5.74, 6) is -0.0530. The largest absolute Gasteiger partial charge is 0.494 e. The zero-order valence-corrected chi connectivity index (χ0v) is 18.2. The summed E-state index contributed by atoms with van der Waals surface area (Å²) >= 11 is 3.44. The van der Waals surface area contributed by atoms with E-state index in [9.17, 15) is 9.59 Å². The quantitative estimate of drug-likeness (QED) is 0.448. The van der Waals surface area contributed by atoms with Gasteiger partial charge in [0.25, 0.3) is 5.91 Å². The second kappa shape index (κ2) is 9.09. The van der Waals surface area contributed by atoms with E-state index in [-0.39, 0.29) is 18.1 Å². The minimum absolute atomic E-state index is 0.233. The fraction of sp³-hybridized carbons (Fsp3) is 0.217. The lowest BCUT2D eigenvalue weighted by Crippen LogP contribution is -2.24. The van der Waals surface area contributed by atoms with E-state index in [0.717, 1.165) is 15.8 Å². The Bertz CT molecular complexity index is 992. The van der Waals surface area contributed by atoms with Crippen LogP contribution >= 0.6 is 15.9 Å². The maximum atomic E-state index is 13.3. The molecule has 0 aromatic heterocycles. The standard InChI is InChI=1S/C23H22BrNO4/c1-4-28-19-11-9-18(10-12-19)25-15(3)21(23(27)29-5-2)20(22(25)26)14-16-7-6-8-17(24)13-16/h6-14H,4-5H2,1-3H3/b20-14-. The van der Waals surface area contributed by atoms with Crippen LogP contribution in [0.25, 0.3) is 6.08 Å². The number of rotatable bonds is 6. The van der Waals surface area contributed by atoms with E-state index < -0.39 is 5.97 Å². The van der Waals surface area contributed by atoms with Crippen LogP contribution in [0.2, 0.25) is 0 Å². The highest BCUT2D eigenvalue weighted by molar-refractivity contribution is 9.10. The van der Waals surface area contributed by atoms with E-state index in [2.05, 4.69) is 15.9 Å². The third-order valence-electron chi connectivity index (χ3n) is 4.45. The van der Waals surface area contributed by atoms with Crippen LogP contribution in [0.4, 0.5) is 5.69 Å². The number of anilines is 1. The molecule has 29 heavy (non-hydrogen) atoms. The van der Waals surface area contributed by atoms with Crippen molar-refractivity contribution in [3.05, 3.63) is 75.4 Å². The molecule has 0 saturated heterocycles. The lowest BCUT2D eigenvalue weighted by atomic mass is 10.0. The zero-order valence-electron chi connectivity index (χ0n) is 16.6. The second-order valence-corrected chi connectivity index (χ2v) is 7.28. The van der Waals surface area contributed by atoms with Crippen molar-refractivity contribution in [1.82, 2.24) is 0 Å². The third kappa shape index (κ3) is 4.43. The van der Waals surface area contributed by atoms with Gasteiger partial charge in [0.2, 0.25) is 0 Å². The van der Waals surface area contributed by atoms with E-state index in [0.29, 0.717) is 23.6 Å². The molecule has 1 amide bonds. The Kier molecular flexibility index (Phi) is 6.54. The predicted octanol–water partition coefficient (Wildman–Crippen LogP) is 5.12. The molecule has 0 spiro atoms. The second-order valence-electron chi connectivity index (χ2n) is 6.36. The minimum atomic E-state index is -0.506. The Labute approximate surface area is 178 Å². The molecule has 0 saturated carbocycles. The summed E-state index contributed by atoms with van der Waals surface area (Å²) in [6.07, 6.45) is 1.72. The summed E-state index contributed by atoms with van der Waals surface area (Å²) in [7, 11) is 0. The average molecular weight is 456 g/mol. The van der Waals surface area contributed by atoms with Gasteiger partial charge in [-0.1, -0.05) is 28.1 Å². The average Bonchev–Trinajstić information content (AvgIpc) is 2.93. The number of carbonyl (C=O) groups excluding carboxylic acids is 2. The van der Waals surface area contributed by atoms with Crippen LogP contribution in [0, 0.1) is 0 Å².